The molecule has 296 valence electrons. The van der Waals surface area contributed by atoms with Crippen LogP contribution in [0.25, 0.3) is 0 Å². The lowest BCUT2D eigenvalue weighted by Crippen LogP contribution is -2.46. The van der Waals surface area contributed by atoms with E-state index in [2.05, 4.69) is 135 Å². The molecule has 7 heteroatoms. The summed E-state index contributed by atoms with van der Waals surface area (Å²) >= 11 is 0. The lowest BCUT2D eigenvalue weighted by atomic mass is 9.49. The highest BCUT2D eigenvalue weighted by molar-refractivity contribution is 6.32. The Kier molecular flexibility index (Phi) is 14.3. The van der Waals surface area contributed by atoms with Gasteiger partial charge in [0.2, 0.25) is 0 Å². The summed E-state index contributed by atoms with van der Waals surface area (Å²) in [6, 6.07) is 0. The Hall–Kier alpha value is -2.18. The summed E-state index contributed by atoms with van der Waals surface area (Å²) in [6.45, 7) is 46.1. The van der Waals surface area contributed by atoms with Crippen molar-refractivity contribution in [2.75, 3.05) is 0 Å². The van der Waals surface area contributed by atoms with Crippen LogP contribution in [0.1, 0.15) is 178 Å². The molecule has 2 heterocycles. The van der Waals surface area contributed by atoms with Gasteiger partial charge in [-0.05, 0) is 90.3 Å². The van der Waals surface area contributed by atoms with Gasteiger partial charge in [0.15, 0.2) is 0 Å². The van der Waals surface area contributed by atoms with Gasteiger partial charge in [0.05, 0.1) is 25.6 Å². The maximum atomic E-state index is 12.6. The van der Waals surface area contributed by atoms with E-state index in [9.17, 15) is 19.2 Å². The highest BCUT2D eigenvalue weighted by atomic mass is 16.6. The number of esters is 4. The van der Waals surface area contributed by atoms with E-state index < -0.39 is 28.6 Å². The maximum Gasteiger partial charge on any atom is 0.320 e. The molecule has 0 aromatic heterocycles. The van der Waals surface area contributed by atoms with Crippen LogP contribution in [0, 0.1) is 55.2 Å². The Morgan fingerprint density at radius 2 is 1.23 bits per heavy atom. The normalized spacial score (nSPS) is 25.1. The first-order valence-electron chi connectivity index (χ1n) is 19.4. The lowest BCUT2D eigenvalue weighted by Gasteiger charge is -2.53. The monoisotopic (exact) mass is 725 g/mol. The van der Waals surface area contributed by atoms with Crippen molar-refractivity contribution in [3.05, 3.63) is 23.3 Å². The molecule has 0 aromatic carbocycles. The Morgan fingerprint density at radius 3 is 1.62 bits per heavy atom. The van der Waals surface area contributed by atoms with E-state index in [-0.39, 0.29) is 56.7 Å². The number of carbonyl (C=O) groups excluding carboxylic acids is 4. The minimum Gasteiger partial charge on any atom is -0.393 e. The molecule has 2 aliphatic heterocycles. The summed E-state index contributed by atoms with van der Waals surface area (Å²) < 4.78 is 9.58. The number of ether oxygens (including phenoxy) is 2. The first kappa shape index (κ1) is 47.8. The van der Waals surface area contributed by atoms with Crippen LogP contribution in [-0.4, -0.2) is 31.7 Å². The average Bonchev–Trinajstić information content (AvgIpc) is 3.25. The lowest BCUT2D eigenvalue weighted by molar-refractivity contribution is -0.156. The van der Waals surface area contributed by atoms with E-state index in [0.29, 0.717) is 11.8 Å². The molecular weight excluding hydrogens is 647 g/mol. The van der Waals surface area contributed by atoms with Gasteiger partial charge in [-0.25, -0.2) is 0 Å². The van der Waals surface area contributed by atoms with Crippen LogP contribution in [0.4, 0.5) is 0 Å². The van der Waals surface area contributed by atoms with E-state index in [1.165, 1.54) is 12.0 Å². The first-order valence-corrected chi connectivity index (χ1v) is 19.4. The van der Waals surface area contributed by atoms with Gasteiger partial charge in [-0.15, -0.1) is 0 Å². The van der Waals surface area contributed by atoms with Gasteiger partial charge >= 0.3 is 23.9 Å². The van der Waals surface area contributed by atoms with Crippen molar-refractivity contribution in [2.45, 2.75) is 183 Å². The summed E-state index contributed by atoms with van der Waals surface area (Å²) in [7, 11) is 6.29. The van der Waals surface area contributed by atoms with Crippen LogP contribution < -0.4 is 0 Å². The molecule has 4 atom stereocenters. The van der Waals surface area contributed by atoms with E-state index in [1.54, 1.807) is 13.8 Å². The molecule has 0 bridgehead atoms. The zero-order valence-corrected chi connectivity index (χ0v) is 37.4. The highest BCUT2D eigenvalue weighted by Gasteiger charge is 2.62. The zero-order chi connectivity index (χ0) is 41.5. The van der Waals surface area contributed by atoms with Crippen LogP contribution in [-0.2, 0) is 28.7 Å². The van der Waals surface area contributed by atoms with E-state index in [1.807, 2.05) is 13.8 Å². The standard InChI is InChI=1S/C25H43BO3.C20H34O3/c1-16(17(2)24(12)18(27)29-19(28)25(24,13)26)14-21(6,7)23(10,11)22(8,9)15-20(3,4)5;1-14(9-15-10-16(21)23-17(15)22)11-19(5,6)13-20(7,8)12-18(2,3)4/h14,17H,15H2,1-13H3;11,15H,9-10,12-13H2,1-8H3/b16-14+;14-11+/t17-,24-,25+;/m1./s1. The molecule has 0 aromatic rings. The van der Waals surface area contributed by atoms with Crippen molar-refractivity contribution < 1.29 is 28.7 Å². The van der Waals surface area contributed by atoms with Crippen molar-refractivity contribution in [3.63, 3.8) is 0 Å². The Balaban J connectivity index is 0.000000534. The third kappa shape index (κ3) is 11.7. The van der Waals surface area contributed by atoms with Gasteiger partial charge in [0, 0.05) is 5.31 Å². The maximum absolute atomic E-state index is 12.6. The first-order chi connectivity index (χ1) is 22.7. The number of hydrogen-bond acceptors (Lipinski definition) is 6. The number of cyclic esters (lactones) is 4. The molecule has 1 unspecified atom stereocenters. The number of allylic oxidation sites excluding steroid dienone is 4. The van der Waals surface area contributed by atoms with Crippen molar-refractivity contribution in [2.24, 2.45) is 55.2 Å². The fourth-order valence-corrected chi connectivity index (χ4v) is 9.67. The summed E-state index contributed by atoms with van der Waals surface area (Å²) in [6.07, 6.45) is 8.74. The van der Waals surface area contributed by atoms with Gasteiger partial charge in [-0.1, -0.05) is 148 Å². The molecular formula is C45H77BO6. The predicted octanol–water partition coefficient (Wildman–Crippen LogP) is 11.8. The van der Waals surface area contributed by atoms with Crippen LogP contribution in [0.5, 0.6) is 0 Å². The third-order valence-electron chi connectivity index (χ3n) is 12.6. The Bertz CT molecular complexity index is 1410. The van der Waals surface area contributed by atoms with Crippen molar-refractivity contribution in [1.29, 1.82) is 0 Å². The zero-order valence-electron chi connectivity index (χ0n) is 37.4. The molecule has 0 aliphatic carbocycles. The molecule has 0 N–H and O–H groups in total. The second kappa shape index (κ2) is 15.5. The quantitative estimate of drug-likeness (QED) is 0.0862. The van der Waals surface area contributed by atoms with E-state index in [0.717, 1.165) is 18.4 Å². The largest absolute Gasteiger partial charge is 0.393 e. The molecule has 6 nitrogen and oxygen atoms in total. The second-order valence-corrected chi connectivity index (χ2v) is 22.6. The molecule has 52 heavy (non-hydrogen) atoms. The smallest absolute Gasteiger partial charge is 0.320 e. The Morgan fingerprint density at radius 1 is 0.750 bits per heavy atom. The molecule has 0 spiro atoms. The van der Waals surface area contributed by atoms with Gasteiger partial charge in [-0.2, -0.15) is 0 Å². The molecule has 2 radical (unpaired) electrons. The number of hydrogen-bond donors (Lipinski definition) is 0. The van der Waals surface area contributed by atoms with Crippen LogP contribution in [0.15, 0.2) is 23.3 Å². The Labute approximate surface area is 320 Å². The summed E-state index contributed by atoms with van der Waals surface area (Å²) in [5.41, 5.74) is 1.90. The van der Waals surface area contributed by atoms with Crippen molar-refractivity contribution in [1.82, 2.24) is 0 Å². The van der Waals surface area contributed by atoms with Gasteiger partial charge in [0.25, 0.3) is 0 Å². The number of rotatable bonds is 12. The third-order valence-corrected chi connectivity index (χ3v) is 12.6. The van der Waals surface area contributed by atoms with Gasteiger partial charge in [-0.3, -0.25) is 19.2 Å². The highest BCUT2D eigenvalue weighted by Crippen LogP contribution is 2.59. The van der Waals surface area contributed by atoms with E-state index in [4.69, 9.17) is 12.6 Å². The summed E-state index contributed by atoms with van der Waals surface area (Å²) in [5.74, 6) is -2.45. The van der Waals surface area contributed by atoms with Crippen LogP contribution in [0.2, 0.25) is 5.31 Å². The molecule has 2 rings (SSSR count). The minimum absolute atomic E-state index is 0.0206. The van der Waals surface area contributed by atoms with Crippen molar-refractivity contribution in [3.8, 4) is 0 Å². The molecule has 0 amide bonds. The van der Waals surface area contributed by atoms with Crippen molar-refractivity contribution >= 4 is 31.7 Å². The molecule has 2 saturated heterocycles. The fraction of sp³-hybridized carbons (Fsp3) is 0.822. The van der Waals surface area contributed by atoms with Gasteiger partial charge < -0.3 is 9.47 Å². The van der Waals surface area contributed by atoms with Crippen LogP contribution >= 0.6 is 0 Å². The predicted molar refractivity (Wildman–Crippen MR) is 215 cm³/mol. The SMILES string of the molecule is C/C(=C\C(C)(C)CC(C)(C)CC(C)(C)C)CC1CC(=O)OC1=O.[B][C@@]1(C)C(=O)OC(=O)[C@@]1(C)[C@H](C)/C(C)=C/C(C)(C)C(C)(C)C(C)(C)CC(C)(C)C. The fourth-order valence-electron chi connectivity index (χ4n) is 9.67. The van der Waals surface area contributed by atoms with Gasteiger partial charge in [0.1, 0.15) is 0 Å². The minimum atomic E-state index is -1.34. The summed E-state index contributed by atoms with van der Waals surface area (Å²) in [5, 5.41) is -1.34. The molecule has 2 fully saturated rings. The second-order valence-electron chi connectivity index (χ2n) is 22.6. The van der Waals surface area contributed by atoms with Crippen LogP contribution in [0.3, 0.4) is 0 Å². The van der Waals surface area contributed by atoms with E-state index >= 15 is 0 Å². The molecule has 2 aliphatic rings. The summed E-state index contributed by atoms with van der Waals surface area (Å²) in [4.78, 5) is 47.6. The molecule has 0 saturated carbocycles. The number of carbonyl (C=O) groups is 4. The topological polar surface area (TPSA) is 86.7 Å². The average molecular weight is 725 g/mol.